The van der Waals surface area contributed by atoms with E-state index in [4.69, 9.17) is 0 Å². The molecule has 0 bridgehead atoms. The Morgan fingerprint density at radius 1 is 0.760 bits per heavy atom. The lowest BCUT2D eigenvalue weighted by molar-refractivity contribution is -0.114. The first-order valence-electron chi connectivity index (χ1n) is 8.17. The van der Waals surface area contributed by atoms with Crippen LogP contribution in [0, 0.1) is 27.7 Å². The Labute approximate surface area is 153 Å². The Morgan fingerprint density at radius 2 is 1.16 bits per heavy atom. The van der Waals surface area contributed by atoms with Crippen molar-refractivity contribution in [2.45, 2.75) is 27.7 Å². The van der Waals surface area contributed by atoms with Crippen molar-refractivity contribution < 1.29 is 9.59 Å². The van der Waals surface area contributed by atoms with Crippen molar-refractivity contribution in [1.29, 1.82) is 0 Å². The summed E-state index contributed by atoms with van der Waals surface area (Å²) >= 11 is 1.30. The maximum absolute atomic E-state index is 12.1. The molecule has 5 heteroatoms. The molecule has 0 aliphatic rings. The van der Waals surface area contributed by atoms with Gasteiger partial charge in [0.05, 0.1) is 11.5 Å². The van der Waals surface area contributed by atoms with Gasteiger partial charge >= 0.3 is 0 Å². The van der Waals surface area contributed by atoms with Gasteiger partial charge in [-0.25, -0.2) is 0 Å². The fraction of sp³-hybridized carbons (Fsp3) is 0.300. The third-order valence-corrected chi connectivity index (χ3v) is 4.73. The molecule has 4 nitrogen and oxygen atoms in total. The number of hydrogen-bond acceptors (Lipinski definition) is 3. The Kier molecular flexibility index (Phi) is 6.65. The summed E-state index contributed by atoms with van der Waals surface area (Å²) in [4.78, 5) is 24.1. The van der Waals surface area contributed by atoms with Crippen LogP contribution in [0.4, 0.5) is 11.4 Å². The van der Waals surface area contributed by atoms with Crippen LogP contribution in [0.25, 0.3) is 0 Å². The SMILES string of the molecule is Cc1ccc(C)c(NC(=O)CSCC(=O)Nc2cc(C)ccc2C)c1. The van der Waals surface area contributed by atoms with Gasteiger partial charge in [-0.3, -0.25) is 9.59 Å². The van der Waals surface area contributed by atoms with Crippen LogP contribution in [0.1, 0.15) is 22.3 Å². The molecule has 0 saturated carbocycles. The van der Waals surface area contributed by atoms with E-state index < -0.39 is 0 Å². The number of carbonyl (C=O) groups excluding carboxylic acids is 2. The van der Waals surface area contributed by atoms with E-state index in [2.05, 4.69) is 10.6 Å². The molecule has 0 spiro atoms. The number of nitrogens with one attached hydrogen (secondary N) is 2. The third-order valence-electron chi connectivity index (χ3n) is 3.80. The molecular weight excluding hydrogens is 332 g/mol. The highest BCUT2D eigenvalue weighted by Crippen LogP contribution is 2.18. The van der Waals surface area contributed by atoms with Gasteiger partial charge in [0.1, 0.15) is 0 Å². The largest absolute Gasteiger partial charge is 0.325 e. The maximum atomic E-state index is 12.1. The van der Waals surface area contributed by atoms with E-state index >= 15 is 0 Å². The topological polar surface area (TPSA) is 58.2 Å². The van der Waals surface area contributed by atoms with Crippen molar-refractivity contribution >= 4 is 35.0 Å². The Bertz CT molecular complexity index is 722. The van der Waals surface area contributed by atoms with Gasteiger partial charge in [-0.15, -0.1) is 11.8 Å². The van der Waals surface area contributed by atoms with Gasteiger partial charge in [0.2, 0.25) is 11.8 Å². The molecule has 2 N–H and O–H groups in total. The molecule has 0 unspecified atom stereocenters. The lowest BCUT2D eigenvalue weighted by atomic mass is 10.1. The smallest absolute Gasteiger partial charge is 0.234 e. The Morgan fingerprint density at radius 3 is 1.56 bits per heavy atom. The average molecular weight is 356 g/mol. The van der Waals surface area contributed by atoms with Crippen LogP contribution < -0.4 is 10.6 Å². The van der Waals surface area contributed by atoms with Crippen LogP contribution in [0.5, 0.6) is 0 Å². The molecule has 132 valence electrons. The minimum atomic E-state index is -0.0989. The van der Waals surface area contributed by atoms with Gasteiger partial charge in [0, 0.05) is 11.4 Å². The average Bonchev–Trinajstić information content (AvgIpc) is 2.54. The summed E-state index contributed by atoms with van der Waals surface area (Å²) in [5, 5.41) is 5.80. The van der Waals surface area contributed by atoms with E-state index in [0.29, 0.717) is 0 Å². The highest BCUT2D eigenvalue weighted by atomic mass is 32.2. The van der Waals surface area contributed by atoms with E-state index in [1.54, 1.807) is 0 Å². The zero-order valence-electron chi connectivity index (χ0n) is 15.1. The third kappa shape index (κ3) is 5.94. The highest BCUT2D eigenvalue weighted by Gasteiger charge is 2.09. The number of amides is 2. The van der Waals surface area contributed by atoms with E-state index in [1.165, 1.54) is 11.8 Å². The summed E-state index contributed by atoms with van der Waals surface area (Å²) in [7, 11) is 0. The van der Waals surface area contributed by atoms with Crippen molar-refractivity contribution in [3.8, 4) is 0 Å². The molecule has 0 aliphatic carbocycles. The molecule has 0 aromatic heterocycles. The zero-order chi connectivity index (χ0) is 18.4. The first-order valence-corrected chi connectivity index (χ1v) is 9.32. The zero-order valence-corrected chi connectivity index (χ0v) is 15.9. The van der Waals surface area contributed by atoms with Crippen LogP contribution in [0.3, 0.4) is 0 Å². The second-order valence-corrected chi connectivity index (χ2v) is 7.21. The summed E-state index contributed by atoms with van der Waals surface area (Å²) in [6, 6.07) is 11.9. The lowest BCUT2D eigenvalue weighted by Crippen LogP contribution is -2.19. The molecule has 25 heavy (non-hydrogen) atoms. The maximum Gasteiger partial charge on any atom is 0.234 e. The molecule has 0 atom stereocenters. The highest BCUT2D eigenvalue weighted by molar-refractivity contribution is 8.00. The molecule has 0 heterocycles. The van der Waals surface area contributed by atoms with Crippen LogP contribution in [-0.2, 0) is 9.59 Å². The van der Waals surface area contributed by atoms with Crippen LogP contribution in [0.15, 0.2) is 36.4 Å². The monoisotopic (exact) mass is 356 g/mol. The van der Waals surface area contributed by atoms with Crippen molar-refractivity contribution in [1.82, 2.24) is 0 Å². The molecular formula is C20H24N2O2S. The summed E-state index contributed by atoms with van der Waals surface area (Å²) in [6.45, 7) is 7.89. The second-order valence-electron chi connectivity index (χ2n) is 6.23. The Balaban J connectivity index is 1.79. The van der Waals surface area contributed by atoms with E-state index in [1.807, 2.05) is 64.1 Å². The number of carbonyl (C=O) groups is 2. The van der Waals surface area contributed by atoms with Gasteiger partial charge in [-0.1, -0.05) is 24.3 Å². The number of benzene rings is 2. The first-order chi connectivity index (χ1) is 11.8. The molecule has 0 aliphatic heterocycles. The van der Waals surface area contributed by atoms with E-state index in [-0.39, 0.29) is 23.3 Å². The molecule has 2 amide bonds. The summed E-state index contributed by atoms with van der Waals surface area (Å²) in [6.07, 6.45) is 0. The fourth-order valence-electron chi connectivity index (χ4n) is 2.35. The molecule has 0 radical (unpaired) electrons. The number of anilines is 2. The lowest BCUT2D eigenvalue weighted by Gasteiger charge is -2.10. The number of hydrogen-bond donors (Lipinski definition) is 2. The number of rotatable bonds is 6. The van der Waals surface area contributed by atoms with Crippen molar-refractivity contribution in [3.05, 3.63) is 58.7 Å². The number of aryl methyl sites for hydroxylation is 4. The Hall–Kier alpha value is -2.27. The van der Waals surface area contributed by atoms with E-state index in [9.17, 15) is 9.59 Å². The van der Waals surface area contributed by atoms with E-state index in [0.717, 1.165) is 33.6 Å². The molecule has 2 aromatic carbocycles. The predicted octanol–water partition coefficient (Wildman–Crippen LogP) is 4.23. The fourth-order valence-corrected chi connectivity index (χ4v) is 2.97. The summed E-state index contributed by atoms with van der Waals surface area (Å²) < 4.78 is 0. The predicted molar refractivity (Wildman–Crippen MR) is 106 cm³/mol. The summed E-state index contributed by atoms with van der Waals surface area (Å²) in [5.41, 5.74) is 5.90. The molecule has 2 aromatic rings. The standard InChI is InChI=1S/C20H24N2O2S/c1-13-5-7-15(3)17(9-13)21-19(23)11-25-12-20(24)22-18-10-14(2)6-8-16(18)4/h5-10H,11-12H2,1-4H3,(H,21,23)(H,22,24). The molecule has 0 saturated heterocycles. The van der Waals surface area contributed by atoms with Crippen molar-refractivity contribution in [2.75, 3.05) is 22.1 Å². The van der Waals surface area contributed by atoms with Gasteiger partial charge in [-0.05, 0) is 62.1 Å². The quantitative estimate of drug-likeness (QED) is 0.814. The van der Waals surface area contributed by atoms with Crippen LogP contribution in [0.2, 0.25) is 0 Å². The minimum Gasteiger partial charge on any atom is -0.325 e. The van der Waals surface area contributed by atoms with Gasteiger partial charge in [0.15, 0.2) is 0 Å². The van der Waals surface area contributed by atoms with Crippen molar-refractivity contribution in [2.24, 2.45) is 0 Å². The second kappa shape index (κ2) is 8.72. The molecule has 0 fully saturated rings. The van der Waals surface area contributed by atoms with Crippen molar-refractivity contribution in [3.63, 3.8) is 0 Å². The van der Waals surface area contributed by atoms with Gasteiger partial charge in [0.25, 0.3) is 0 Å². The van der Waals surface area contributed by atoms with Crippen LogP contribution >= 0.6 is 11.8 Å². The first kappa shape index (κ1) is 19.1. The summed E-state index contributed by atoms with van der Waals surface area (Å²) in [5.74, 6) is 0.290. The number of thioether (sulfide) groups is 1. The normalized spacial score (nSPS) is 10.4. The molecule has 2 rings (SSSR count). The van der Waals surface area contributed by atoms with Crippen LogP contribution in [-0.4, -0.2) is 23.3 Å². The van der Waals surface area contributed by atoms with Gasteiger partial charge in [-0.2, -0.15) is 0 Å². The minimum absolute atomic E-state index is 0.0989. The van der Waals surface area contributed by atoms with Gasteiger partial charge < -0.3 is 10.6 Å².